The lowest BCUT2D eigenvalue weighted by Gasteiger charge is -2.75. The van der Waals surface area contributed by atoms with Gasteiger partial charge in [-0.05, 0) is 108 Å². The minimum absolute atomic E-state index is 0.0416. The Kier molecular flexibility index (Phi) is 4.85. The van der Waals surface area contributed by atoms with Crippen molar-refractivity contribution in [1.82, 2.24) is 0 Å². The summed E-state index contributed by atoms with van der Waals surface area (Å²) in [6, 6.07) is 0. The third-order valence-corrected chi connectivity index (χ3v) is 13.7. The molecule has 5 rings (SSSR count). The fourth-order valence-electron chi connectivity index (χ4n) is 11.3. The number of hydrogen-bond donors (Lipinski definition) is 1. The third kappa shape index (κ3) is 2.71. The summed E-state index contributed by atoms with van der Waals surface area (Å²) < 4.78 is 0. The van der Waals surface area contributed by atoms with E-state index in [2.05, 4.69) is 55.4 Å². The molecule has 0 aromatic rings. The van der Waals surface area contributed by atoms with Crippen LogP contribution >= 0.6 is 0 Å². The molecule has 32 heavy (non-hydrogen) atoms. The van der Waals surface area contributed by atoms with Gasteiger partial charge in [-0.1, -0.05) is 55.4 Å². The van der Waals surface area contributed by atoms with Crippen LogP contribution in [0.15, 0.2) is 0 Å². The van der Waals surface area contributed by atoms with E-state index in [4.69, 9.17) is 0 Å². The first kappa shape index (κ1) is 23.4. The van der Waals surface area contributed by atoms with Crippen molar-refractivity contribution in [3.63, 3.8) is 0 Å². The van der Waals surface area contributed by atoms with E-state index in [0.29, 0.717) is 39.8 Å². The van der Waals surface area contributed by atoms with E-state index in [-0.39, 0.29) is 22.7 Å². The van der Waals surface area contributed by atoms with E-state index in [1.165, 1.54) is 51.4 Å². The highest BCUT2D eigenvalue weighted by Gasteiger charge is 2.71. The molecule has 2 heteroatoms. The summed E-state index contributed by atoms with van der Waals surface area (Å²) in [5.74, 6) is 2.12. The molecule has 182 valence electrons. The zero-order valence-corrected chi connectivity index (χ0v) is 22.3. The van der Waals surface area contributed by atoms with Crippen molar-refractivity contribution < 1.29 is 9.90 Å². The van der Waals surface area contributed by atoms with Gasteiger partial charge in [-0.2, -0.15) is 0 Å². The van der Waals surface area contributed by atoms with Gasteiger partial charge in [0.1, 0.15) is 5.78 Å². The quantitative estimate of drug-likeness (QED) is 0.423. The molecule has 0 spiro atoms. The van der Waals surface area contributed by atoms with Gasteiger partial charge in [-0.25, -0.2) is 0 Å². The number of fused-ring (bicyclic) bond motifs is 7. The molecule has 0 aliphatic heterocycles. The number of carbonyl (C=O) groups is 1. The molecule has 0 amide bonds. The van der Waals surface area contributed by atoms with Crippen LogP contribution in [0.5, 0.6) is 0 Å². The molecule has 0 aromatic carbocycles. The maximum Gasteiger partial charge on any atom is 0.138 e. The molecule has 5 fully saturated rings. The Balaban J connectivity index is 1.57. The molecule has 0 saturated heterocycles. The molecule has 1 N–H and O–H groups in total. The Morgan fingerprint density at radius 1 is 0.750 bits per heavy atom. The van der Waals surface area contributed by atoms with Crippen LogP contribution in [0.1, 0.15) is 120 Å². The second kappa shape index (κ2) is 6.64. The zero-order valence-electron chi connectivity index (χ0n) is 22.3. The number of ketones is 1. The van der Waals surface area contributed by atoms with Crippen LogP contribution in [0.2, 0.25) is 0 Å². The van der Waals surface area contributed by atoms with E-state index in [1.807, 2.05) is 0 Å². The number of Topliss-reactive ketones (excluding diaryl/α,β-unsaturated/α-hetero) is 1. The largest absolute Gasteiger partial charge is 0.392 e. The van der Waals surface area contributed by atoms with Crippen molar-refractivity contribution in [1.29, 1.82) is 0 Å². The second-order valence-electron chi connectivity index (χ2n) is 15.4. The molecular formula is C30H50O2. The van der Waals surface area contributed by atoms with Crippen molar-refractivity contribution in [3.8, 4) is 0 Å². The standard InChI is InChI=1S/C30H50O2/c1-19-20(31)17-21(32)24-27(19,5)10-9-22-28(24,6)14-16-30(8)23-18-25(2,3)11-12-26(23,4)13-15-29(22,30)7/h19,21-24,32H,9-18H2,1-8H3/t19-,21+,22-,23+,24+,26+,27+,28+,29+,30-/m0/s1. The Bertz CT molecular complexity index is 816. The Morgan fingerprint density at radius 3 is 2.03 bits per heavy atom. The summed E-state index contributed by atoms with van der Waals surface area (Å²) in [5, 5.41) is 11.4. The first-order chi connectivity index (χ1) is 14.6. The monoisotopic (exact) mass is 442 g/mol. The molecular weight excluding hydrogens is 392 g/mol. The molecule has 0 aromatic heterocycles. The minimum atomic E-state index is -0.452. The van der Waals surface area contributed by atoms with E-state index >= 15 is 0 Å². The van der Waals surface area contributed by atoms with Crippen molar-refractivity contribution in [2.75, 3.05) is 0 Å². The van der Waals surface area contributed by atoms with Gasteiger partial charge >= 0.3 is 0 Å². The van der Waals surface area contributed by atoms with Gasteiger partial charge in [0.15, 0.2) is 0 Å². The van der Waals surface area contributed by atoms with Gasteiger partial charge in [0.2, 0.25) is 0 Å². The topological polar surface area (TPSA) is 37.3 Å². The van der Waals surface area contributed by atoms with Gasteiger partial charge < -0.3 is 5.11 Å². The van der Waals surface area contributed by atoms with Crippen LogP contribution in [0.3, 0.4) is 0 Å². The lowest BCUT2D eigenvalue weighted by atomic mass is 9.30. The lowest BCUT2D eigenvalue weighted by Crippen LogP contribution is -2.69. The van der Waals surface area contributed by atoms with E-state index in [9.17, 15) is 9.90 Å². The van der Waals surface area contributed by atoms with Gasteiger partial charge in [0, 0.05) is 12.3 Å². The summed E-state index contributed by atoms with van der Waals surface area (Å²) in [5.41, 5.74) is 1.80. The van der Waals surface area contributed by atoms with Crippen molar-refractivity contribution >= 4 is 5.78 Å². The predicted octanol–water partition coefficient (Wildman–Crippen LogP) is 7.43. The number of hydrogen-bond acceptors (Lipinski definition) is 2. The van der Waals surface area contributed by atoms with Crippen molar-refractivity contribution in [2.24, 2.45) is 56.2 Å². The van der Waals surface area contributed by atoms with Gasteiger partial charge in [0.25, 0.3) is 0 Å². The second-order valence-corrected chi connectivity index (χ2v) is 15.4. The van der Waals surface area contributed by atoms with Gasteiger partial charge in [-0.3, -0.25) is 4.79 Å². The Labute approximate surface area is 197 Å². The molecule has 10 atom stereocenters. The van der Waals surface area contributed by atoms with Gasteiger partial charge in [-0.15, -0.1) is 0 Å². The first-order valence-electron chi connectivity index (χ1n) is 13.8. The predicted molar refractivity (Wildman–Crippen MR) is 131 cm³/mol. The average molecular weight is 443 g/mol. The number of aliphatic hydroxyl groups is 1. The Hall–Kier alpha value is -0.370. The summed E-state index contributed by atoms with van der Waals surface area (Å²) in [7, 11) is 0. The smallest absolute Gasteiger partial charge is 0.138 e. The highest BCUT2D eigenvalue weighted by molar-refractivity contribution is 5.83. The molecule has 5 aliphatic carbocycles. The SMILES string of the molecule is C[C@H]1C(=O)C[C@@H](O)[C@@H]2[C@]1(C)CC[C@H]1[C@@]2(C)CC[C@@]2(C)[C@@H]3CC(C)(C)CC[C@]3(C)CC[C@]12C. The van der Waals surface area contributed by atoms with Crippen LogP contribution in [-0.2, 0) is 4.79 Å². The van der Waals surface area contributed by atoms with E-state index in [0.717, 1.165) is 12.3 Å². The maximum absolute atomic E-state index is 12.8. The highest BCUT2D eigenvalue weighted by Crippen LogP contribution is 2.78. The molecule has 0 radical (unpaired) electrons. The average Bonchev–Trinajstić information content (AvgIpc) is 2.69. The fraction of sp³-hybridized carbons (Fsp3) is 0.967. The van der Waals surface area contributed by atoms with Crippen LogP contribution in [0.25, 0.3) is 0 Å². The molecule has 5 saturated carbocycles. The minimum Gasteiger partial charge on any atom is -0.392 e. The van der Waals surface area contributed by atoms with Gasteiger partial charge in [0.05, 0.1) is 6.10 Å². The van der Waals surface area contributed by atoms with Crippen molar-refractivity contribution in [3.05, 3.63) is 0 Å². The molecule has 0 heterocycles. The summed E-state index contributed by atoms with van der Waals surface area (Å²) in [6.07, 6.45) is 11.7. The third-order valence-electron chi connectivity index (χ3n) is 13.7. The maximum atomic E-state index is 12.8. The highest BCUT2D eigenvalue weighted by atomic mass is 16.3. The summed E-state index contributed by atoms with van der Waals surface area (Å²) >= 11 is 0. The molecule has 2 nitrogen and oxygen atoms in total. The number of aliphatic hydroxyl groups excluding tert-OH is 1. The normalized spacial score (nSPS) is 59.4. The van der Waals surface area contributed by atoms with Crippen LogP contribution in [-0.4, -0.2) is 17.0 Å². The first-order valence-corrected chi connectivity index (χ1v) is 13.8. The van der Waals surface area contributed by atoms with Crippen LogP contribution < -0.4 is 0 Å². The zero-order chi connectivity index (χ0) is 23.5. The number of rotatable bonds is 0. The molecule has 0 unspecified atom stereocenters. The van der Waals surface area contributed by atoms with E-state index < -0.39 is 6.10 Å². The lowest BCUT2D eigenvalue weighted by molar-refractivity contribution is -0.267. The van der Waals surface area contributed by atoms with Crippen LogP contribution in [0, 0.1) is 56.2 Å². The Morgan fingerprint density at radius 2 is 1.34 bits per heavy atom. The summed E-state index contributed by atoms with van der Waals surface area (Å²) in [4.78, 5) is 12.8. The van der Waals surface area contributed by atoms with E-state index in [1.54, 1.807) is 0 Å². The van der Waals surface area contributed by atoms with Crippen LogP contribution in [0.4, 0.5) is 0 Å². The molecule has 0 bridgehead atoms. The number of carbonyl (C=O) groups excluding carboxylic acids is 1. The fourth-order valence-corrected chi connectivity index (χ4v) is 11.3. The molecule has 5 aliphatic rings. The summed E-state index contributed by atoms with van der Waals surface area (Å²) in [6.45, 7) is 20.1. The van der Waals surface area contributed by atoms with Crippen molar-refractivity contribution in [2.45, 2.75) is 126 Å².